The van der Waals surface area contributed by atoms with Gasteiger partial charge >= 0.3 is 11.7 Å². The summed E-state index contributed by atoms with van der Waals surface area (Å²) in [6.07, 6.45) is 1.12. The molecule has 0 saturated heterocycles. The van der Waals surface area contributed by atoms with Crippen molar-refractivity contribution in [3.8, 4) is 0 Å². The number of hydrogen-bond acceptors (Lipinski definition) is 5. The first-order chi connectivity index (χ1) is 9.00. The van der Waals surface area contributed by atoms with E-state index in [9.17, 15) is 14.9 Å². The van der Waals surface area contributed by atoms with Crippen molar-refractivity contribution in [1.29, 1.82) is 0 Å². The molecule has 0 spiro atoms. The second-order valence-corrected chi connectivity index (χ2v) is 4.00. The molecule has 0 aliphatic heterocycles. The van der Waals surface area contributed by atoms with Gasteiger partial charge in [-0.2, -0.15) is 0 Å². The van der Waals surface area contributed by atoms with Crippen molar-refractivity contribution in [2.24, 2.45) is 0 Å². The predicted molar refractivity (Wildman–Crippen MR) is 69.1 cm³/mol. The molecule has 2 rings (SSSR count). The SMILES string of the molecule is CC(Nc1c([N+](=O)[O-])cnc2ccccc12)C(=O)O. The van der Waals surface area contributed by atoms with Gasteiger partial charge in [0, 0.05) is 5.39 Å². The zero-order valence-corrected chi connectivity index (χ0v) is 10.0. The number of rotatable bonds is 4. The largest absolute Gasteiger partial charge is 0.480 e. The third-order valence-electron chi connectivity index (χ3n) is 2.68. The Balaban J connectivity index is 2.62. The van der Waals surface area contributed by atoms with Gasteiger partial charge in [0.2, 0.25) is 0 Å². The average Bonchev–Trinajstić information content (AvgIpc) is 2.38. The van der Waals surface area contributed by atoms with E-state index in [1.807, 2.05) is 0 Å². The molecule has 7 heteroatoms. The summed E-state index contributed by atoms with van der Waals surface area (Å²) >= 11 is 0. The lowest BCUT2D eigenvalue weighted by Gasteiger charge is -2.13. The molecule has 0 amide bonds. The lowest BCUT2D eigenvalue weighted by atomic mass is 10.1. The first-order valence-corrected chi connectivity index (χ1v) is 5.52. The summed E-state index contributed by atoms with van der Waals surface area (Å²) in [6, 6.07) is 5.89. The topological polar surface area (TPSA) is 105 Å². The molecule has 0 aliphatic rings. The summed E-state index contributed by atoms with van der Waals surface area (Å²) in [5.74, 6) is -1.09. The molecule has 0 aliphatic carbocycles. The maximum atomic E-state index is 11.0. The summed E-state index contributed by atoms with van der Waals surface area (Å²) in [6.45, 7) is 1.42. The number of nitro groups is 1. The lowest BCUT2D eigenvalue weighted by Crippen LogP contribution is -2.26. The smallest absolute Gasteiger partial charge is 0.325 e. The normalized spacial score (nSPS) is 12.1. The van der Waals surface area contributed by atoms with Crippen LogP contribution in [-0.2, 0) is 4.79 Å². The number of anilines is 1. The number of carbonyl (C=O) groups is 1. The quantitative estimate of drug-likeness (QED) is 0.644. The van der Waals surface area contributed by atoms with Crippen molar-refractivity contribution in [3.05, 3.63) is 40.6 Å². The van der Waals surface area contributed by atoms with Crippen LogP contribution in [0.15, 0.2) is 30.5 Å². The van der Waals surface area contributed by atoms with Crippen LogP contribution in [0.1, 0.15) is 6.92 Å². The van der Waals surface area contributed by atoms with Crippen LogP contribution in [0.5, 0.6) is 0 Å². The van der Waals surface area contributed by atoms with Crippen LogP contribution in [0, 0.1) is 10.1 Å². The third-order valence-corrected chi connectivity index (χ3v) is 2.68. The van der Waals surface area contributed by atoms with Crippen LogP contribution in [0.4, 0.5) is 11.4 Å². The molecular formula is C12H11N3O4. The Hall–Kier alpha value is -2.70. The summed E-state index contributed by atoms with van der Waals surface area (Å²) in [7, 11) is 0. The Kier molecular flexibility index (Phi) is 3.28. The number of carboxylic acids is 1. The number of pyridine rings is 1. The highest BCUT2D eigenvalue weighted by atomic mass is 16.6. The monoisotopic (exact) mass is 261 g/mol. The van der Waals surface area contributed by atoms with E-state index in [1.54, 1.807) is 24.3 Å². The zero-order chi connectivity index (χ0) is 14.0. The van der Waals surface area contributed by atoms with Gasteiger partial charge in [-0.1, -0.05) is 18.2 Å². The molecule has 0 bridgehead atoms. The van der Waals surface area contributed by atoms with Gasteiger partial charge in [0.05, 0.1) is 10.4 Å². The van der Waals surface area contributed by atoms with E-state index in [0.29, 0.717) is 10.9 Å². The summed E-state index contributed by atoms with van der Waals surface area (Å²) in [5, 5.41) is 23.1. The van der Waals surface area contributed by atoms with Gasteiger partial charge in [0.25, 0.3) is 0 Å². The Bertz CT molecular complexity index is 656. The maximum Gasteiger partial charge on any atom is 0.325 e. The van der Waals surface area contributed by atoms with Gasteiger partial charge in [-0.05, 0) is 13.0 Å². The highest BCUT2D eigenvalue weighted by Crippen LogP contribution is 2.31. The van der Waals surface area contributed by atoms with Crippen LogP contribution in [0.25, 0.3) is 10.9 Å². The van der Waals surface area contributed by atoms with E-state index in [-0.39, 0.29) is 11.4 Å². The highest BCUT2D eigenvalue weighted by Gasteiger charge is 2.21. The molecule has 98 valence electrons. The van der Waals surface area contributed by atoms with Gasteiger partial charge in [0.15, 0.2) is 0 Å². The van der Waals surface area contributed by atoms with E-state index in [2.05, 4.69) is 10.3 Å². The average molecular weight is 261 g/mol. The first kappa shape index (κ1) is 12.7. The van der Waals surface area contributed by atoms with E-state index in [1.165, 1.54) is 6.92 Å². The third kappa shape index (κ3) is 2.44. The fourth-order valence-electron chi connectivity index (χ4n) is 1.70. The molecule has 2 aromatic rings. The minimum Gasteiger partial charge on any atom is -0.480 e. The predicted octanol–water partition coefficient (Wildman–Crippen LogP) is 2.03. The van der Waals surface area contributed by atoms with Crippen LogP contribution < -0.4 is 5.32 Å². The van der Waals surface area contributed by atoms with Gasteiger partial charge < -0.3 is 10.4 Å². The second-order valence-electron chi connectivity index (χ2n) is 4.00. The van der Waals surface area contributed by atoms with Gasteiger partial charge in [-0.3, -0.25) is 14.9 Å². The van der Waals surface area contributed by atoms with Crippen LogP contribution in [0.2, 0.25) is 0 Å². The number of nitrogens with zero attached hydrogens (tertiary/aromatic N) is 2. The fourth-order valence-corrected chi connectivity index (χ4v) is 1.70. The molecule has 19 heavy (non-hydrogen) atoms. The van der Waals surface area contributed by atoms with E-state index < -0.39 is 16.9 Å². The fraction of sp³-hybridized carbons (Fsp3) is 0.167. The molecule has 1 atom stereocenters. The molecule has 1 aromatic heterocycles. The minimum atomic E-state index is -1.09. The van der Waals surface area contributed by atoms with Crippen LogP contribution >= 0.6 is 0 Å². The number of nitrogens with one attached hydrogen (secondary N) is 1. The molecule has 1 heterocycles. The number of para-hydroxylation sites is 1. The van der Waals surface area contributed by atoms with Crippen molar-refractivity contribution < 1.29 is 14.8 Å². The van der Waals surface area contributed by atoms with Crippen molar-refractivity contribution in [2.75, 3.05) is 5.32 Å². The Morgan fingerprint density at radius 1 is 1.47 bits per heavy atom. The molecule has 0 saturated carbocycles. The lowest BCUT2D eigenvalue weighted by molar-refractivity contribution is -0.384. The Morgan fingerprint density at radius 3 is 2.79 bits per heavy atom. The molecule has 1 aromatic carbocycles. The Morgan fingerprint density at radius 2 is 2.16 bits per heavy atom. The van der Waals surface area contributed by atoms with Gasteiger partial charge in [-0.15, -0.1) is 0 Å². The molecule has 1 unspecified atom stereocenters. The van der Waals surface area contributed by atoms with Gasteiger partial charge in [0.1, 0.15) is 17.9 Å². The van der Waals surface area contributed by atoms with E-state index >= 15 is 0 Å². The number of fused-ring (bicyclic) bond motifs is 1. The van der Waals surface area contributed by atoms with Crippen molar-refractivity contribution in [1.82, 2.24) is 4.98 Å². The number of benzene rings is 1. The summed E-state index contributed by atoms with van der Waals surface area (Å²) in [5.41, 5.74) is 0.491. The molecule has 7 nitrogen and oxygen atoms in total. The zero-order valence-electron chi connectivity index (χ0n) is 10.0. The number of aliphatic carboxylic acids is 1. The molecule has 2 N–H and O–H groups in total. The highest BCUT2D eigenvalue weighted by molar-refractivity contribution is 5.97. The minimum absolute atomic E-state index is 0.172. The molecule has 0 radical (unpaired) electrons. The summed E-state index contributed by atoms with van der Waals surface area (Å²) < 4.78 is 0. The Labute approximate surface area is 108 Å². The number of hydrogen-bond donors (Lipinski definition) is 2. The maximum absolute atomic E-state index is 11.0. The second kappa shape index (κ2) is 4.89. The van der Waals surface area contributed by atoms with Crippen molar-refractivity contribution in [2.45, 2.75) is 13.0 Å². The van der Waals surface area contributed by atoms with Crippen LogP contribution in [0.3, 0.4) is 0 Å². The van der Waals surface area contributed by atoms with Gasteiger partial charge in [-0.25, -0.2) is 4.98 Å². The number of aromatic nitrogens is 1. The number of carboxylic acid groups (broad SMARTS) is 1. The van der Waals surface area contributed by atoms with E-state index in [0.717, 1.165) is 6.20 Å². The van der Waals surface area contributed by atoms with Crippen molar-refractivity contribution in [3.63, 3.8) is 0 Å². The van der Waals surface area contributed by atoms with E-state index in [4.69, 9.17) is 5.11 Å². The standard InChI is InChI=1S/C12H11N3O4/c1-7(12(16)17)14-11-8-4-2-3-5-9(8)13-6-10(11)15(18)19/h2-7H,1H3,(H,13,14)(H,16,17). The summed E-state index contributed by atoms with van der Waals surface area (Å²) in [4.78, 5) is 25.3. The van der Waals surface area contributed by atoms with Crippen molar-refractivity contribution >= 4 is 28.2 Å². The first-order valence-electron chi connectivity index (χ1n) is 5.52. The van der Waals surface area contributed by atoms with Crippen LogP contribution in [-0.4, -0.2) is 27.0 Å². The molecular weight excluding hydrogens is 250 g/mol. The molecule has 0 fully saturated rings.